The zero-order valence-electron chi connectivity index (χ0n) is 13.1. The number of nitrogens with one attached hydrogen (secondary N) is 1. The van der Waals surface area contributed by atoms with E-state index in [1.165, 1.54) is 4.88 Å². The van der Waals surface area contributed by atoms with E-state index in [0.717, 1.165) is 17.8 Å². The van der Waals surface area contributed by atoms with Gasteiger partial charge in [-0.05, 0) is 63.0 Å². The van der Waals surface area contributed by atoms with Crippen LogP contribution in [0.4, 0.5) is 10.1 Å². The number of anilines is 1. The Bertz CT molecular complexity index is 566. The molecule has 0 spiro atoms. The van der Waals surface area contributed by atoms with E-state index in [2.05, 4.69) is 48.5 Å². The van der Waals surface area contributed by atoms with E-state index in [-0.39, 0.29) is 11.9 Å². The number of thiophene rings is 1. The van der Waals surface area contributed by atoms with Crippen molar-refractivity contribution in [2.24, 2.45) is 0 Å². The van der Waals surface area contributed by atoms with Crippen molar-refractivity contribution in [1.29, 1.82) is 0 Å². The monoisotopic (exact) mass is 306 g/mol. The van der Waals surface area contributed by atoms with Crippen LogP contribution in [0.3, 0.4) is 0 Å². The third-order valence-corrected chi connectivity index (χ3v) is 4.59. The summed E-state index contributed by atoms with van der Waals surface area (Å²) < 4.78 is 13.6. The molecule has 0 fully saturated rings. The van der Waals surface area contributed by atoms with Gasteiger partial charge < -0.3 is 10.2 Å². The predicted molar refractivity (Wildman–Crippen MR) is 89.5 cm³/mol. The molecular formula is C17H23FN2S. The van der Waals surface area contributed by atoms with Crippen molar-refractivity contribution in [1.82, 2.24) is 5.32 Å². The Balaban J connectivity index is 2.40. The molecule has 1 unspecified atom stereocenters. The first-order valence-electron chi connectivity index (χ1n) is 7.28. The molecule has 1 atom stereocenters. The normalized spacial score (nSPS) is 12.7. The summed E-state index contributed by atoms with van der Waals surface area (Å²) in [4.78, 5) is 3.64. The molecule has 21 heavy (non-hydrogen) atoms. The van der Waals surface area contributed by atoms with Gasteiger partial charge in [-0.25, -0.2) is 4.39 Å². The Labute approximate surface area is 130 Å². The van der Waals surface area contributed by atoms with Crippen molar-refractivity contribution in [2.45, 2.75) is 39.4 Å². The zero-order chi connectivity index (χ0) is 15.4. The molecule has 0 aliphatic rings. The highest BCUT2D eigenvalue weighted by atomic mass is 32.1. The van der Waals surface area contributed by atoms with Crippen LogP contribution >= 0.6 is 11.3 Å². The summed E-state index contributed by atoms with van der Waals surface area (Å²) in [6.07, 6.45) is 0. The number of benzene rings is 1. The maximum Gasteiger partial charge on any atom is 0.123 e. The van der Waals surface area contributed by atoms with Crippen LogP contribution in [0.15, 0.2) is 35.7 Å². The minimum atomic E-state index is -0.185. The number of halogens is 1. The summed E-state index contributed by atoms with van der Waals surface area (Å²) in [5.74, 6) is -0.185. The molecule has 0 aliphatic heterocycles. The van der Waals surface area contributed by atoms with E-state index in [9.17, 15) is 4.39 Å². The van der Waals surface area contributed by atoms with Gasteiger partial charge in [-0.15, -0.1) is 11.3 Å². The molecule has 0 amide bonds. The zero-order valence-corrected chi connectivity index (χ0v) is 13.9. The topological polar surface area (TPSA) is 15.3 Å². The standard InChI is InChI=1S/C17H23FN2S/c1-12(2)20(11-15-6-5-9-21-15)17-8-7-14(18)10-16(17)13(3)19-4/h5-10,12-13,19H,11H2,1-4H3. The highest BCUT2D eigenvalue weighted by molar-refractivity contribution is 7.09. The second-order valence-corrected chi connectivity index (χ2v) is 6.55. The Morgan fingerprint density at radius 2 is 2.00 bits per heavy atom. The molecule has 0 saturated heterocycles. The average molecular weight is 306 g/mol. The van der Waals surface area contributed by atoms with Crippen LogP contribution in [0.5, 0.6) is 0 Å². The summed E-state index contributed by atoms with van der Waals surface area (Å²) in [5.41, 5.74) is 2.10. The second-order valence-electron chi connectivity index (χ2n) is 5.51. The number of nitrogens with zero attached hydrogens (tertiary/aromatic N) is 1. The second kappa shape index (κ2) is 7.05. The van der Waals surface area contributed by atoms with Gasteiger partial charge in [0.15, 0.2) is 0 Å². The summed E-state index contributed by atoms with van der Waals surface area (Å²) in [6, 6.07) is 9.75. The van der Waals surface area contributed by atoms with Gasteiger partial charge in [-0.3, -0.25) is 0 Å². The highest BCUT2D eigenvalue weighted by Crippen LogP contribution is 2.30. The smallest absolute Gasteiger partial charge is 0.123 e. The molecule has 2 aromatic rings. The van der Waals surface area contributed by atoms with Crippen LogP contribution < -0.4 is 10.2 Å². The third-order valence-electron chi connectivity index (χ3n) is 3.73. The first-order chi connectivity index (χ1) is 10.0. The molecule has 0 aliphatic carbocycles. The van der Waals surface area contributed by atoms with E-state index < -0.39 is 0 Å². The van der Waals surface area contributed by atoms with Gasteiger partial charge in [-0.2, -0.15) is 0 Å². The number of hydrogen-bond donors (Lipinski definition) is 1. The van der Waals surface area contributed by atoms with Crippen molar-refractivity contribution in [3.05, 3.63) is 52.0 Å². The first kappa shape index (κ1) is 16.0. The molecule has 0 saturated carbocycles. The van der Waals surface area contributed by atoms with E-state index >= 15 is 0 Å². The molecule has 4 heteroatoms. The van der Waals surface area contributed by atoms with E-state index in [1.807, 2.05) is 13.1 Å². The summed E-state index contributed by atoms with van der Waals surface area (Å²) in [7, 11) is 1.90. The maximum atomic E-state index is 13.6. The molecule has 0 bridgehead atoms. The van der Waals surface area contributed by atoms with Crippen molar-refractivity contribution in [2.75, 3.05) is 11.9 Å². The van der Waals surface area contributed by atoms with Gasteiger partial charge in [-0.1, -0.05) is 6.07 Å². The molecule has 114 valence electrons. The lowest BCUT2D eigenvalue weighted by molar-refractivity contribution is 0.600. The molecule has 2 rings (SSSR count). The fourth-order valence-electron chi connectivity index (χ4n) is 2.41. The molecule has 1 heterocycles. The Morgan fingerprint density at radius 1 is 1.24 bits per heavy atom. The van der Waals surface area contributed by atoms with Gasteiger partial charge in [0.1, 0.15) is 5.82 Å². The Hall–Kier alpha value is -1.39. The van der Waals surface area contributed by atoms with Crippen LogP contribution in [0, 0.1) is 5.82 Å². The van der Waals surface area contributed by atoms with Gasteiger partial charge in [0.2, 0.25) is 0 Å². The van der Waals surface area contributed by atoms with Gasteiger partial charge in [0, 0.05) is 22.6 Å². The van der Waals surface area contributed by atoms with Crippen molar-refractivity contribution < 1.29 is 4.39 Å². The maximum absolute atomic E-state index is 13.6. The first-order valence-corrected chi connectivity index (χ1v) is 8.16. The molecule has 1 aromatic carbocycles. The summed E-state index contributed by atoms with van der Waals surface area (Å²) in [6.45, 7) is 7.25. The predicted octanol–water partition coefficient (Wildman–Crippen LogP) is 4.58. The molecule has 0 radical (unpaired) electrons. The van der Waals surface area contributed by atoms with Crippen LogP contribution in [0.1, 0.15) is 37.3 Å². The van der Waals surface area contributed by atoms with Crippen LogP contribution in [-0.4, -0.2) is 13.1 Å². The van der Waals surface area contributed by atoms with E-state index in [0.29, 0.717) is 6.04 Å². The van der Waals surface area contributed by atoms with Crippen molar-refractivity contribution in [3.8, 4) is 0 Å². The summed E-state index contributed by atoms with van der Waals surface area (Å²) in [5, 5.41) is 5.30. The minimum Gasteiger partial charge on any atom is -0.364 e. The van der Waals surface area contributed by atoms with Crippen LogP contribution in [-0.2, 0) is 6.54 Å². The molecular weight excluding hydrogens is 283 g/mol. The van der Waals surface area contributed by atoms with Gasteiger partial charge >= 0.3 is 0 Å². The quantitative estimate of drug-likeness (QED) is 0.840. The lowest BCUT2D eigenvalue weighted by Crippen LogP contribution is -2.31. The van der Waals surface area contributed by atoms with Gasteiger partial charge in [0.25, 0.3) is 0 Å². The lowest BCUT2D eigenvalue weighted by atomic mass is 10.0. The Morgan fingerprint density at radius 3 is 2.57 bits per heavy atom. The van der Waals surface area contributed by atoms with Crippen molar-refractivity contribution >= 4 is 17.0 Å². The van der Waals surface area contributed by atoms with Crippen LogP contribution in [0.25, 0.3) is 0 Å². The third kappa shape index (κ3) is 3.83. The Kier molecular flexibility index (Phi) is 5.37. The SMILES string of the molecule is CNC(C)c1cc(F)ccc1N(Cc1cccs1)C(C)C. The number of hydrogen-bond acceptors (Lipinski definition) is 3. The number of rotatable bonds is 6. The van der Waals surface area contributed by atoms with E-state index in [1.54, 1.807) is 23.5 Å². The highest BCUT2D eigenvalue weighted by Gasteiger charge is 2.18. The average Bonchev–Trinajstić information content (AvgIpc) is 2.97. The summed E-state index contributed by atoms with van der Waals surface area (Å²) >= 11 is 1.76. The molecule has 2 nitrogen and oxygen atoms in total. The lowest BCUT2D eigenvalue weighted by Gasteiger charge is -2.32. The van der Waals surface area contributed by atoms with Gasteiger partial charge in [0.05, 0.1) is 6.54 Å². The fraction of sp³-hybridized carbons (Fsp3) is 0.412. The van der Waals surface area contributed by atoms with Crippen molar-refractivity contribution in [3.63, 3.8) is 0 Å². The fourth-order valence-corrected chi connectivity index (χ4v) is 3.11. The largest absolute Gasteiger partial charge is 0.364 e. The molecule has 1 aromatic heterocycles. The molecule has 1 N–H and O–H groups in total. The van der Waals surface area contributed by atoms with Crippen LogP contribution in [0.2, 0.25) is 0 Å². The van der Waals surface area contributed by atoms with E-state index in [4.69, 9.17) is 0 Å². The minimum absolute atomic E-state index is 0.111.